The van der Waals surface area contributed by atoms with E-state index < -0.39 is 28.6 Å². The van der Waals surface area contributed by atoms with Crippen molar-refractivity contribution in [3.8, 4) is 29.1 Å². The molecule has 5 nitrogen and oxygen atoms in total. The molecule has 6 heteroatoms. The number of phenols is 4. The molecule has 0 aliphatic carbocycles. The maximum Gasteiger partial charge on any atom is 0.180 e. The van der Waals surface area contributed by atoms with Crippen LogP contribution < -0.4 is 0 Å². The summed E-state index contributed by atoms with van der Waals surface area (Å²) in [6, 6.07) is 1.45. The van der Waals surface area contributed by atoms with Crippen molar-refractivity contribution < 1.29 is 20.4 Å². The van der Waals surface area contributed by atoms with E-state index in [9.17, 15) is 0 Å². The summed E-state index contributed by atoms with van der Waals surface area (Å²) >= 11 is 1.52. The molecule has 0 atom stereocenters. The first-order valence-corrected chi connectivity index (χ1v) is 4.14. The number of nitriles is 1. The smallest absolute Gasteiger partial charge is 0.180 e. The van der Waals surface area contributed by atoms with E-state index in [4.69, 9.17) is 25.7 Å². The molecule has 0 heterocycles. The number of nitrogens with zero attached hydrogens (tertiary/aromatic N) is 1. The van der Waals surface area contributed by atoms with Crippen molar-refractivity contribution in [3.63, 3.8) is 0 Å². The highest BCUT2D eigenvalue weighted by Gasteiger charge is 2.21. The van der Waals surface area contributed by atoms with Gasteiger partial charge in [0.1, 0.15) is 15.2 Å². The Morgan fingerprint density at radius 3 is 1.62 bits per heavy atom. The highest BCUT2D eigenvalue weighted by atomic mass is 127. The van der Waals surface area contributed by atoms with Crippen molar-refractivity contribution in [3.05, 3.63) is 9.13 Å². The Morgan fingerprint density at radius 2 is 1.31 bits per heavy atom. The van der Waals surface area contributed by atoms with Crippen LogP contribution in [0.2, 0.25) is 0 Å². The maximum absolute atomic E-state index is 9.14. The van der Waals surface area contributed by atoms with E-state index in [2.05, 4.69) is 0 Å². The Balaban J connectivity index is 3.69. The molecule has 0 aromatic heterocycles. The van der Waals surface area contributed by atoms with Gasteiger partial charge in [-0.25, -0.2) is 0 Å². The number of hydrogen-bond acceptors (Lipinski definition) is 5. The molecule has 68 valence electrons. The second kappa shape index (κ2) is 3.18. The first-order valence-electron chi connectivity index (χ1n) is 3.06. The minimum atomic E-state index is -0.734. The van der Waals surface area contributed by atoms with Gasteiger partial charge in [-0.3, -0.25) is 0 Å². The molecule has 0 spiro atoms. The van der Waals surface area contributed by atoms with Crippen LogP contribution in [0.25, 0.3) is 0 Å². The van der Waals surface area contributed by atoms with Gasteiger partial charge in [0.15, 0.2) is 23.0 Å². The molecule has 4 N–H and O–H groups in total. The molecule has 0 aliphatic rings. The van der Waals surface area contributed by atoms with Crippen molar-refractivity contribution in [2.75, 3.05) is 0 Å². The number of aromatic hydroxyl groups is 4. The van der Waals surface area contributed by atoms with Crippen LogP contribution >= 0.6 is 22.6 Å². The molecule has 0 saturated carbocycles. The van der Waals surface area contributed by atoms with Gasteiger partial charge in [-0.1, -0.05) is 0 Å². The topological polar surface area (TPSA) is 105 Å². The molecule has 1 rings (SSSR count). The van der Waals surface area contributed by atoms with Crippen molar-refractivity contribution >= 4 is 22.6 Å². The summed E-state index contributed by atoms with van der Waals surface area (Å²) in [6.45, 7) is 0. The third-order valence-electron chi connectivity index (χ3n) is 1.45. The predicted molar refractivity (Wildman–Crippen MR) is 50.5 cm³/mol. The van der Waals surface area contributed by atoms with Crippen LogP contribution in [-0.4, -0.2) is 20.4 Å². The van der Waals surface area contributed by atoms with E-state index in [1.54, 1.807) is 0 Å². The van der Waals surface area contributed by atoms with Gasteiger partial charge >= 0.3 is 0 Å². The average Bonchev–Trinajstić information content (AvgIpc) is 2.13. The molecule has 0 fully saturated rings. The zero-order valence-electron chi connectivity index (χ0n) is 6.11. The summed E-state index contributed by atoms with van der Waals surface area (Å²) in [5, 5.41) is 45.0. The maximum atomic E-state index is 9.14. The number of rotatable bonds is 0. The van der Waals surface area contributed by atoms with Crippen LogP contribution in [-0.2, 0) is 0 Å². The van der Waals surface area contributed by atoms with Crippen molar-refractivity contribution in [2.24, 2.45) is 0 Å². The molecule has 0 amide bonds. The zero-order chi connectivity index (χ0) is 10.2. The van der Waals surface area contributed by atoms with Gasteiger partial charge in [0.2, 0.25) is 0 Å². The van der Waals surface area contributed by atoms with Crippen molar-refractivity contribution in [1.29, 1.82) is 5.26 Å². The van der Waals surface area contributed by atoms with Crippen molar-refractivity contribution in [1.82, 2.24) is 0 Å². The SMILES string of the molecule is N#Cc1c(O)c(O)c(I)c(O)c1O. The number of phenolic OH excluding ortho intramolecular Hbond substituents is 4. The first kappa shape index (κ1) is 9.73. The van der Waals surface area contributed by atoms with E-state index in [0.717, 1.165) is 0 Å². The fraction of sp³-hybridized carbons (Fsp3) is 0. The minimum absolute atomic E-state index is 0.105. The molecule has 0 radical (unpaired) electrons. The molecule has 0 bridgehead atoms. The summed E-state index contributed by atoms with van der Waals surface area (Å²) < 4.78 is -0.105. The predicted octanol–water partition coefficient (Wildman–Crippen LogP) is 0.985. The van der Waals surface area contributed by atoms with Crippen LogP contribution in [0.15, 0.2) is 0 Å². The second-order valence-corrected chi connectivity index (χ2v) is 3.27. The molecule has 0 saturated heterocycles. The molecule has 0 aliphatic heterocycles. The Kier molecular flexibility index (Phi) is 2.38. The van der Waals surface area contributed by atoms with Gasteiger partial charge < -0.3 is 20.4 Å². The van der Waals surface area contributed by atoms with E-state index in [1.165, 1.54) is 28.7 Å². The quantitative estimate of drug-likeness (QED) is 0.324. The van der Waals surface area contributed by atoms with E-state index in [0.29, 0.717) is 0 Å². The Hall–Kier alpha value is -1.36. The van der Waals surface area contributed by atoms with Crippen LogP contribution in [0.3, 0.4) is 0 Å². The average molecular weight is 293 g/mol. The first-order chi connectivity index (χ1) is 6.00. The third-order valence-corrected chi connectivity index (χ3v) is 2.47. The van der Waals surface area contributed by atoms with Gasteiger partial charge in [-0.15, -0.1) is 0 Å². The standard InChI is InChI=1S/C7H4INO4/c8-3-6(12)4(10)2(1-9)5(11)7(3)13/h10-13H. The van der Waals surface area contributed by atoms with Gasteiger partial charge in [0.25, 0.3) is 0 Å². The van der Waals surface area contributed by atoms with Gasteiger partial charge in [-0.05, 0) is 22.6 Å². The summed E-state index contributed by atoms with van der Waals surface area (Å²) in [5.74, 6) is -2.70. The van der Waals surface area contributed by atoms with Crippen LogP contribution in [0.1, 0.15) is 5.56 Å². The fourth-order valence-corrected chi connectivity index (χ4v) is 1.29. The number of halogens is 1. The second-order valence-electron chi connectivity index (χ2n) is 2.20. The van der Waals surface area contributed by atoms with E-state index in [-0.39, 0.29) is 3.57 Å². The van der Waals surface area contributed by atoms with Gasteiger partial charge in [0.05, 0.1) is 0 Å². The molecular formula is C7H4INO4. The number of hydrogen-bond donors (Lipinski definition) is 4. The highest BCUT2D eigenvalue weighted by Crippen LogP contribution is 2.46. The van der Waals surface area contributed by atoms with E-state index >= 15 is 0 Å². The van der Waals surface area contributed by atoms with Crippen LogP contribution in [0, 0.1) is 14.9 Å². The lowest BCUT2D eigenvalue weighted by Gasteiger charge is -2.06. The molecular weight excluding hydrogens is 289 g/mol. The molecule has 13 heavy (non-hydrogen) atoms. The fourth-order valence-electron chi connectivity index (χ4n) is 0.775. The van der Waals surface area contributed by atoms with Gasteiger partial charge in [-0.2, -0.15) is 5.26 Å². The summed E-state index contributed by atoms with van der Waals surface area (Å²) in [7, 11) is 0. The summed E-state index contributed by atoms with van der Waals surface area (Å²) in [5.41, 5.74) is -0.546. The normalized spacial score (nSPS) is 9.54. The zero-order valence-corrected chi connectivity index (χ0v) is 8.27. The van der Waals surface area contributed by atoms with Crippen LogP contribution in [0.4, 0.5) is 0 Å². The minimum Gasteiger partial charge on any atom is -0.503 e. The molecule has 1 aromatic rings. The lowest BCUT2D eigenvalue weighted by Crippen LogP contribution is -1.85. The van der Waals surface area contributed by atoms with Gasteiger partial charge in [0, 0.05) is 0 Å². The summed E-state index contributed by atoms with van der Waals surface area (Å²) in [6.07, 6.45) is 0. The van der Waals surface area contributed by atoms with Crippen molar-refractivity contribution in [2.45, 2.75) is 0 Å². The largest absolute Gasteiger partial charge is 0.503 e. The third kappa shape index (κ3) is 1.31. The number of benzene rings is 1. The Bertz CT molecular complexity index is 381. The Morgan fingerprint density at radius 1 is 0.923 bits per heavy atom. The van der Waals surface area contributed by atoms with Crippen LogP contribution in [0.5, 0.6) is 23.0 Å². The lowest BCUT2D eigenvalue weighted by molar-refractivity contribution is 0.366. The Labute approximate surface area is 86.6 Å². The summed E-state index contributed by atoms with van der Waals surface area (Å²) in [4.78, 5) is 0. The van der Waals surface area contributed by atoms with E-state index in [1.807, 2.05) is 0 Å². The monoisotopic (exact) mass is 293 g/mol. The molecule has 0 unspecified atom stereocenters. The molecule has 1 aromatic carbocycles. The lowest BCUT2D eigenvalue weighted by atomic mass is 10.1. The highest BCUT2D eigenvalue weighted by molar-refractivity contribution is 14.1.